The molecule has 0 heterocycles. The van der Waals surface area contributed by atoms with Crippen LogP contribution in [0.25, 0.3) is 0 Å². The van der Waals surface area contributed by atoms with Crippen LogP contribution in [0.3, 0.4) is 0 Å². The fourth-order valence-electron chi connectivity index (χ4n) is 1.09. The fourth-order valence-corrected chi connectivity index (χ4v) is 1.09. The lowest BCUT2D eigenvalue weighted by Gasteiger charge is -2.42. The van der Waals surface area contributed by atoms with Crippen molar-refractivity contribution in [2.45, 2.75) is 52.5 Å². The minimum absolute atomic E-state index is 0.383. The van der Waals surface area contributed by atoms with Crippen LogP contribution in [0.2, 0.25) is 0 Å². The van der Waals surface area contributed by atoms with Crippen LogP contribution in [0.5, 0.6) is 0 Å². The van der Waals surface area contributed by atoms with Gasteiger partial charge in [0, 0.05) is 0 Å². The number of nitrogens with zero attached hydrogens (tertiary/aromatic N) is 1. The normalized spacial score (nSPS) is 13.5. The van der Waals surface area contributed by atoms with Gasteiger partial charge in [-0.25, -0.2) is 0 Å². The Morgan fingerprint density at radius 1 is 1.00 bits per heavy atom. The summed E-state index contributed by atoms with van der Waals surface area (Å²) in [5.74, 6) is 0. The third-order valence-corrected chi connectivity index (χ3v) is 3.14. The Kier molecular flexibility index (Phi) is 4.25. The second-order valence-corrected chi connectivity index (χ2v) is 5.29. The van der Waals surface area contributed by atoms with Gasteiger partial charge >= 0.3 is 0 Å². The van der Waals surface area contributed by atoms with E-state index in [1.165, 1.54) is 25.8 Å². The predicted octanol–water partition coefficient (Wildman–Crippen LogP) is 3.05. The number of hydrogen-bond donors (Lipinski definition) is 0. The average molecular weight is 172 g/mol. The molecule has 0 aliphatic carbocycles. The van der Waals surface area contributed by atoms with E-state index in [0.717, 1.165) is 4.48 Å². The van der Waals surface area contributed by atoms with Crippen LogP contribution in [0, 0.1) is 0 Å². The Bertz CT molecular complexity index is 119. The first-order valence-corrected chi connectivity index (χ1v) is 5.14. The summed E-state index contributed by atoms with van der Waals surface area (Å²) in [5, 5.41) is 0. The summed E-state index contributed by atoms with van der Waals surface area (Å²) in [7, 11) is 4.66. The molecule has 0 radical (unpaired) electrons. The van der Waals surface area contributed by atoms with Gasteiger partial charge in [0.2, 0.25) is 0 Å². The molecule has 0 bridgehead atoms. The summed E-state index contributed by atoms with van der Waals surface area (Å²) in [6.07, 6.45) is 4.06. The molecule has 0 saturated carbocycles. The van der Waals surface area contributed by atoms with Gasteiger partial charge in [0.15, 0.2) is 0 Å². The van der Waals surface area contributed by atoms with Crippen molar-refractivity contribution in [3.05, 3.63) is 0 Å². The van der Waals surface area contributed by atoms with Gasteiger partial charge in [-0.1, -0.05) is 13.3 Å². The van der Waals surface area contributed by atoms with Crippen LogP contribution in [0.15, 0.2) is 0 Å². The zero-order chi connectivity index (χ0) is 9.83. The lowest BCUT2D eigenvalue weighted by atomic mass is 10.0. The number of quaternary nitrogens is 1. The monoisotopic (exact) mass is 172 g/mol. The van der Waals surface area contributed by atoms with Gasteiger partial charge in [0.25, 0.3) is 0 Å². The van der Waals surface area contributed by atoms with Crippen molar-refractivity contribution < 1.29 is 4.48 Å². The first-order chi connectivity index (χ1) is 5.31. The zero-order valence-electron chi connectivity index (χ0n) is 9.78. The highest BCUT2D eigenvalue weighted by molar-refractivity contribution is 4.60. The molecule has 0 aromatic heterocycles. The second kappa shape index (κ2) is 4.27. The Morgan fingerprint density at radius 3 is 1.83 bits per heavy atom. The highest BCUT2D eigenvalue weighted by Gasteiger charge is 2.30. The van der Waals surface area contributed by atoms with E-state index in [-0.39, 0.29) is 0 Å². The summed E-state index contributed by atoms with van der Waals surface area (Å²) in [4.78, 5) is 0. The first kappa shape index (κ1) is 12.0. The van der Waals surface area contributed by atoms with Gasteiger partial charge in [0.05, 0.1) is 26.2 Å². The molecule has 12 heavy (non-hydrogen) atoms. The molecule has 1 nitrogen and oxygen atoms in total. The number of hydrogen-bond acceptors (Lipinski definition) is 0. The number of unbranched alkanes of at least 4 members (excludes halogenated alkanes) is 2. The van der Waals surface area contributed by atoms with Crippen molar-refractivity contribution in [3.63, 3.8) is 0 Å². The first-order valence-electron chi connectivity index (χ1n) is 5.14. The number of rotatable bonds is 4. The van der Waals surface area contributed by atoms with E-state index in [9.17, 15) is 0 Å². The van der Waals surface area contributed by atoms with E-state index in [0.29, 0.717) is 5.54 Å². The van der Waals surface area contributed by atoms with Gasteiger partial charge in [-0.2, -0.15) is 0 Å². The molecule has 0 N–H and O–H groups in total. The Morgan fingerprint density at radius 2 is 1.50 bits per heavy atom. The van der Waals surface area contributed by atoms with E-state index >= 15 is 0 Å². The molecule has 0 aromatic rings. The van der Waals surface area contributed by atoms with Crippen LogP contribution in [-0.2, 0) is 0 Å². The van der Waals surface area contributed by atoms with Crippen LogP contribution in [0.1, 0.15) is 47.0 Å². The van der Waals surface area contributed by atoms with Crippen molar-refractivity contribution in [2.24, 2.45) is 0 Å². The smallest absolute Gasteiger partial charge is 0.0903 e. The highest BCUT2D eigenvalue weighted by atomic mass is 15.4. The third-order valence-electron chi connectivity index (χ3n) is 3.14. The minimum Gasteiger partial charge on any atom is -0.324 e. The van der Waals surface area contributed by atoms with Gasteiger partial charge in [-0.15, -0.1) is 0 Å². The molecular weight excluding hydrogens is 146 g/mol. The molecule has 0 atom stereocenters. The molecule has 1 heteroatoms. The van der Waals surface area contributed by atoms with Crippen molar-refractivity contribution in [1.82, 2.24) is 0 Å². The quantitative estimate of drug-likeness (QED) is 0.451. The van der Waals surface area contributed by atoms with Crippen molar-refractivity contribution in [2.75, 3.05) is 20.6 Å². The van der Waals surface area contributed by atoms with Crippen LogP contribution in [0.4, 0.5) is 0 Å². The maximum absolute atomic E-state index is 2.33. The second-order valence-electron chi connectivity index (χ2n) is 5.29. The van der Waals surface area contributed by atoms with E-state index in [1.807, 2.05) is 0 Å². The molecule has 0 spiro atoms. The highest BCUT2D eigenvalue weighted by Crippen LogP contribution is 2.19. The molecule has 0 unspecified atom stereocenters. The SMILES string of the molecule is CCCCC[N+](C)(C)C(C)(C)C. The maximum atomic E-state index is 2.33. The largest absolute Gasteiger partial charge is 0.324 e. The molecule has 0 fully saturated rings. The lowest BCUT2D eigenvalue weighted by molar-refractivity contribution is -0.935. The van der Waals surface area contributed by atoms with E-state index in [1.54, 1.807) is 0 Å². The fraction of sp³-hybridized carbons (Fsp3) is 1.00. The summed E-state index contributed by atoms with van der Waals surface area (Å²) in [5.41, 5.74) is 0.383. The molecule has 0 aliphatic heterocycles. The molecule has 74 valence electrons. The van der Waals surface area contributed by atoms with Crippen LogP contribution < -0.4 is 0 Å². The summed E-state index contributed by atoms with van der Waals surface area (Å²) < 4.78 is 1.13. The van der Waals surface area contributed by atoms with Crippen LogP contribution >= 0.6 is 0 Å². The minimum atomic E-state index is 0.383. The van der Waals surface area contributed by atoms with Crippen LogP contribution in [-0.4, -0.2) is 30.7 Å². The Balaban J connectivity index is 3.88. The predicted molar refractivity (Wildman–Crippen MR) is 56.3 cm³/mol. The van der Waals surface area contributed by atoms with Crippen molar-refractivity contribution in [3.8, 4) is 0 Å². The van der Waals surface area contributed by atoms with E-state index in [4.69, 9.17) is 0 Å². The summed E-state index contributed by atoms with van der Waals surface area (Å²) >= 11 is 0. The molecule has 0 aromatic carbocycles. The van der Waals surface area contributed by atoms with Crippen molar-refractivity contribution >= 4 is 0 Å². The standard InChI is InChI=1S/C11H26N/c1-7-8-9-10-12(5,6)11(2,3)4/h7-10H2,1-6H3/q+1. The van der Waals surface area contributed by atoms with E-state index < -0.39 is 0 Å². The van der Waals surface area contributed by atoms with Gasteiger partial charge in [0.1, 0.15) is 0 Å². The third kappa shape index (κ3) is 3.57. The summed E-state index contributed by atoms with van der Waals surface area (Å²) in [6.45, 7) is 10.5. The zero-order valence-corrected chi connectivity index (χ0v) is 9.78. The molecule has 0 rings (SSSR count). The van der Waals surface area contributed by atoms with Gasteiger partial charge in [-0.3, -0.25) is 0 Å². The molecule has 0 saturated heterocycles. The topological polar surface area (TPSA) is 0 Å². The Hall–Kier alpha value is -0.0400. The maximum Gasteiger partial charge on any atom is 0.0903 e. The molecule has 0 amide bonds. The lowest BCUT2D eigenvalue weighted by Crippen LogP contribution is -2.54. The van der Waals surface area contributed by atoms with Crippen molar-refractivity contribution in [1.29, 1.82) is 0 Å². The van der Waals surface area contributed by atoms with E-state index in [2.05, 4.69) is 41.8 Å². The average Bonchev–Trinajstić information content (AvgIpc) is 1.85. The molecular formula is C11H26N+. The van der Waals surface area contributed by atoms with Gasteiger partial charge < -0.3 is 4.48 Å². The summed E-state index contributed by atoms with van der Waals surface area (Å²) in [6, 6.07) is 0. The molecule has 0 aliphatic rings. The Labute approximate surface area is 78.4 Å². The van der Waals surface area contributed by atoms with Gasteiger partial charge in [-0.05, 0) is 33.6 Å².